The van der Waals surface area contributed by atoms with Crippen molar-refractivity contribution in [2.24, 2.45) is 0 Å². The number of hydrogen-bond acceptors (Lipinski definition) is 4. The Bertz CT molecular complexity index is 3450. The van der Waals surface area contributed by atoms with E-state index < -0.39 is 0 Å². The van der Waals surface area contributed by atoms with E-state index in [9.17, 15) is 0 Å². The maximum absolute atomic E-state index is 6.21. The Hall–Kier alpha value is -7.89. The lowest BCUT2D eigenvalue weighted by Crippen LogP contribution is -1.99. The molecule has 0 saturated heterocycles. The van der Waals surface area contributed by atoms with Crippen LogP contribution in [0.15, 0.2) is 188 Å². The average Bonchev–Trinajstić information content (AvgIpc) is 3.88. The SMILES string of the molecule is C=Cc1oc2cc(-c3cccc(-c4cccc5c6c7ccccc7c7ccccc7c6n(-c6cccc(-c7ncnc(-c8ccccc8)n7)c6)c45)c3)ccc2c1C=C.CC. The number of para-hydroxylation sites is 1. The Kier molecular flexibility index (Phi) is 9.19. The van der Waals surface area contributed by atoms with E-state index in [4.69, 9.17) is 9.40 Å². The minimum Gasteiger partial charge on any atom is -0.456 e. The van der Waals surface area contributed by atoms with Crippen LogP contribution in [0.2, 0.25) is 0 Å². The zero-order chi connectivity index (χ0) is 40.7. The lowest BCUT2D eigenvalue weighted by Gasteiger charge is -2.15. The predicted octanol–water partition coefficient (Wildman–Crippen LogP) is 15.0. The summed E-state index contributed by atoms with van der Waals surface area (Å²) in [5.74, 6) is 1.99. The average molecular weight is 773 g/mol. The van der Waals surface area contributed by atoms with E-state index in [1.54, 1.807) is 12.4 Å². The topological polar surface area (TPSA) is 56.7 Å². The summed E-state index contributed by atoms with van der Waals surface area (Å²) in [4.78, 5) is 14.1. The number of hydrogen-bond donors (Lipinski definition) is 0. The highest BCUT2D eigenvalue weighted by atomic mass is 16.3. The summed E-state index contributed by atoms with van der Waals surface area (Å²) in [6.07, 6.45) is 5.17. The normalized spacial score (nSPS) is 11.3. The van der Waals surface area contributed by atoms with E-state index >= 15 is 0 Å². The van der Waals surface area contributed by atoms with Crippen molar-refractivity contribution in [3.8, 4) is 50.7 Å². The molecule has 11 rings (SSSR count). The summed E-state index contributed by atoms with van der Waals surface area (Å²) in [6.45, 7) is 12.0. The molecule has 5 heteroatoms. The third-order valence-electron chi connectivity index (χ3n) is 11.3. The fourth-order valence-corrected chi connectivity index (χ4v) is 8.71. The van der Waals surface area contributed by atoms with Crippen LogP contribution in [0.25, 0.3) is 117 Å². The molecule has 3 heterocycles. The molecule has 0 aliphatic rings. The van der Waals surface area contributed by atoms with Gasteiger partial charge < -0.3 is 8.98 Å². The van der Waals surface area contributed by atoms with Gasteiger partial charge >= 0.3 is 0 Å². The highest BCUT2D eigenvalue weighted by Gasteiger charge is 2.22. The summed E-state index contributed by atoms with van der Waals surface area (Å²) in [5, 5.41) is 8.28. The second-order valence-electron chi connectivity index (χ2n) is 14.5. The van der Waals surface area contributed by atoms with Gasteiger partial charge in [-0.15, -0.1) is 0 Å². The van der Waals surface area contributed by atoms with E-state index in [-0.39, 0.29) is 0 Å². The predicted molar refractivity (Wildman–Crippen MR) is 252 cm³/mol. The van der Waals surface area contributed by atoms with Gasteiger partial charge in [0, 0.05) is 49.5 Å². The van der Waals surface area contributed by atoms with Gasteiger partial charge in [0.2, 0.25) is 0 Å². The van der Waals surface area contributed by atoms with Gasteiger partial charge in [-0.2, -0.15) is 0 Å². The van der Waals surface area contributed by atoms with E-state index in [0.717, 1.165) is 72.4 Å². The molecule has 3 aromatic heterocycles. The molecule has 8 aromatic carbocycles. The van der Waals surface area contributed by atoms with Gasteiger partial charge in [-0.05, 0) is 69.3 Å². The van der Waals surface area contributed by atoms with Crippen LogP contribution >= 0.6 is 0 Å². The molecule has 0 bridgehead atoms. The van der Waals surface area contributed by atoms with Gasteiger partial charge in [0.05, 0.1) is 11.0 Å². The fraction of sp³-hybridized carbons (Fsp3) is 0.0364. The molecule has 0 unspecified atom stereocenters. The summed E-state index contributed by atoms with van der Waals surface area (Å²) < 4.78 is 8.66. The summed E-state index contributed by atoms with van der Waals surface area (Å²) in [7, 11) is 0. The second-order valence-corrected chi connectivity index (χ2v) is 14.5. The molecular weight excluding hydrogens is 733 g/mol. The van der Waals surface area contributed by atoms with Gasteiger partial charge in [0.1, 0.15) is 17.7 Å². The van der Waals surface area contributed by atoms with Crippen LogP contribution in [-0.2, 0) is 0 Å². The van der Waals surface area contributed by atoms with Crippen LogP contribution in [0.1, 0.15) is 25.2 Å². The lowest BCUT2D eigenvalue weighted by molar-refractivity contribution is 0.603. The van der Waals surface area contributed by atoms with Crippen molar-refractivity contribution in [3.63, 3.8) is 0 Å². The number of rotatable bonds is 7. The third-order valence-corrected chi connectivity index (χ3v) is 11.3. The molecule has 0 radical (unpaired) electrons. The third kappa shape index (κ3) is 5.90. The van der Waals surface area contributed by atoms with Crippen molar-refractivity contribution in [1.29, 1.82) is 0 Å². The molecule has 0 aliphatic heterocycles. The van der Waals surface area contributed by atoms with Crippen LogP contribution in [0, 0.1) is 0 Å². The van der Waals surface area contributed by atoms with Crippen molar-refractivity contribution < 1.29 is 4.42 Å². The Labute approximate surface area is 348 Å². The number of benzene rings is 8. The van der Waals surface area contributed by atoms with Crippen LogP contribution in [0.5, 0.6) is 0 Å². The maximum atomic E-state index is 6.21. The van der Waals surface area contributed by atoms with Crippen LogP contribution in [0.3, 0.4) is 0 Å². The summed E-state index contributed by atoms with van der Waals surface area (Å²) in [5.41, 5.74) is 11.3. The number of fused-ring (bicyclic) bond motifs is 9. The highest BCUT2D eigenvalue weighted by molar-refractivity contribution is 6.33. The molecule has 0 fully saturated rings. The van der Waals surface area contributed by atoms with Crippen molar-refractivity contribution >= 4 is 66.5 Å². The first-order valence-corrected chi connectivity index (χ1v) is 20.3. The largest absolute Gasteiger partial charge is 0.456 e. The van der Waals surface area contributed by atoms with Gasteiger partial charge in [0.15, 0.2) is 11.6 Å². The molecule has 60 heavy (non-hydrogen) atoms. The van der Waals surface area contributed by atoms with Crippen LogP contribution in [-0.4, -0.2) is 19.5 Å². The Morgan fingerprint density at radius 2 is 1.10 bits per heavy atom. The molecule has 5 nitrogen and oxygen atoms in total. The minimum atomic E-state index is 0.619. The quantitative estimate of drug-likeness (QED) is 0.151. The maximum Gasteiger partial charge on any atom is 0.163 e. The van der Waals surface area contributed by atoms with Gasteiger partial charge in [0.25, 0.3) is 0 Å². The molecule has 0 amide bonds. The van der Waals surface area contributed by atoms with Crippen molar-refractivity contribution in [2.45, 2.75) is 13.8 Å². The molecule has 0 N–H and O–H groups in total. The number of nitrogens with zero attached hydrogens (tertiary/aromatic N) is 4. The van der Waals surface area contributed by atoms with Crippen LogP contribution in [0.4, 0.5) is 0 Å². The number of furan rings is 1. The molecule has 0 spiro atoms. The molecular formula is C55H40N4O. The second kappa shape index (κ2) is 15.1. The first-order chi connectivity index (χ1) is 29.7. The Morgan fingerprint density at radius 1 is 0.483 bits per heavy atom. The molecule has 11 aromatic rings. The van der Waals surface area contributed by atoms with Gasteiger partial charge in [-0.3, -0.25) is 0 Å². The smallest absolute Gasteiger partial charge is 0.163 e. The van der Waals surface area contributed by atoms with E-state index in [1.807, 2.05) is 50.3 Å². The summed E-state index contributed by atoms with van der Waals surface area (Å²) >= 11 is 0. The van der Waals surface area contributed by atoms with Crippen LogP contribution < -0.4 is 0 Å². The molecule has 286 valence electrons. The van der Waals surface area contributed by atoms with Gasteiger partial charge in [-0.1, -0.05) is 167 Å². The highest BCUT2D eigenvalue weighted by Crippen LogP contribution is 2.45. The molecule has 0 saturated carbocycles. The van der Waals surface area contributed by atoms with E-state index in [0.29, 0.717) is 11.6 Å². The minimum absolute atomic E-state index is 0.619. The van der Waals surface area contributed by atoms with Crippen molar-refractivity contribution in [2.75, 3.05) is 0 Å². The zero-order valence-corrected chi connectivity index (χ0v) is 33.4. The monoisotopic (exact) mass is 772 g/mol. The van der Waals surface area contributed by atoms with Crippen molar-refractivity contribution in [3.05, 3.63) is 195 Å². The zero-order valence-electron chi connectivity index (χ0n) is 33.4. The molecule has 0 aliphatic carbocycles. The van der Waals surface area contributed by atoms with E-state index in [1.165, 1.54) is 32.3 Å². The Balaban J connectivity index is 0.00000213. The lowest BCUT2D eigenvalue weighted by atomic mass is 9.95. The standard InChI is InChI=1S/C53H34N4O.C2H6/c1-3-39-43-28-27-35(31-48(43)58-47(39)4-2)34-17-12-18-36(29-34)40-25-14-26-46-49-44-23-10-8-21-41(44)42-22-9-11-24-45(42)51(49)57(50(40)46)38-20-13-19-37(30-38)53-55-32-54-52(56-53)33-15-6-5-7-16-33;1-2/h3-32H,1-2H2;1-2H3. The van der Waals surface area contributed by atoms with E-state index in [2.05, 4.69) is 161 Å². The summed E-state index contributed by atoms with van der Waals surface area (Å²) in [6, 6.07) is 58.0. The fourth-order valence-electron chi connectivity index (χ4n) is 8.71. The number of aromatic nitrogens is 4. The Morgan fingerprint density at radius 3 is 1.88 bits per heavy atom. The molecule has 0 atom stereocenters. The first kappa shape index (κ1) is 36.5. The van der Waals surface area contributed by atoms with Gasteiger partial charge in [-0.25, -0.2) is 15.0 Å². The van der Waals surface area contributed by atoms with Crippen molar-refractivity contribution in [1.82, 2.24) is 19.5 Å². The first-order valence-electron chi connectivity index (χ1n) is 20.3.